The molecule has 2 rings (SSSR count). The summed E-state index contributed by atoms with van der Waals surface area (Å²) in [5.41, 5.74) is -2.25. The summed E-state index contributed by atoms with van der Waals surface area (Å²) in [6.07, 6.45) is -10.6. The quantitative estimate of drug-likeness (QED) is 0.376. The van der Waals surface area contributed by atoms with Gasteiger partial charge in [-0.05, 0) is 35.3 Å². The Labute approximate surface area is 204 Å². The van der Waals surface area contributed by atoms with Gasteiger partial charge in [0.15, 0.2) is 2.82 Å². The Hall–Kier alpha value is -3.52. The number of esters is 1. The number of amides is 1. The number of ether oxygens (including phenoxy) is 3. The Morgan fingerprint density at radius 2 is 1.30 bits per heavy atom. The summed E-state index contributed by atoms with van der Waals surface area (Å²) in [6.45, 7) is 0. The van der Waals surface area contributed by atoms with Crippen molar-refractivity contribution in [1.29, 1.82) is 0 Å². The number of benzene rings is 2. The molecule has 0 saturated heterocycles. The van der Waals surface area contributed by atoms with Gasteiger partial charge in [0.1, 0.15) is 27.8 Å². The number of halogens is 6. The molecular formula is C19H19F6N3O5. The highest BCUT2D eigenvalue weighted by Crippen LogP contribution is 2.25. The molecule has 0 spiro atoms. The summed E-state index contributed by atoms with van der Waals surface area (Å²) in [6, 6.07) is -16.7. The van der Waals surface area contributed by atoms with Crippen LogP contribution in [0.2, 0.25) is 7.06 Å². The van der Waals surface area contributed by atoms with Crippen LogP contribution in [0.4, 0.5) is 26.3 Å². The summed E-state index contributed by atoms with van der Waals surface area (Å²) >= 11 is 0. The minimum Gasteiger partial charge on any atom is -0.468 e. The lowest BCUT2D eigenvalue weighted by atomic mass is 10.1. The highest BCUT2D eigenvalue weighted by molar-refractivity contribution is 5.81. The molecule has 33 heavy (non-hydrogen) atoms. The zero-order chi connectivity index (χ0) is 38.1. The number of hydrogen-bond acceptors (Lipinski definition) is 7. The Morgan fingerprint density at radius 1 is 0.879 bits per heavy atom. The third kappa shape index (κ3) is 10.1. The van der Waals surface area contributed by atoms with Crippen LogP contribution in [0.1, 0.15) is 36.9 Å². The first-order chi connectivity index (χ1) is 21.6. The third-order valence-electron chi connectivity index (χ3n) is 2.72. The molecule has 0 aliphatic carbocycles. The number of primary amides is 1. The van der Waals surface area contributed by atoms with E-state index in [9.17, 15) is 35.9 Å². The fraction of sp³-hybridized carbons (Fsp3) is 0.263. The van der Waals surface area contributed by atoms with Gasteiger partial charge in [0.05, 0.1) is 20.8 Å². The van der Waals surface area contributed by atoms with Crippen LogP contribution >= 0.6 is 0 Å². The minimum absolute atomic E-state index is 0.694. The first kappa shape index (κ1) is 12.1. The van der Waals surface area contributed by atoms with Crippen LogP contribution in [0.15, 0.2) is 48.3 Å². The van der Waals surface area contributed by atoms with Crippen molar-refractivity contribution in [2.75, 3.05) is 7.11 Å². The van der Waals surface area contributed by atoms with E-state index in [1.165, 1.54) is 5.73 Å². The van der Waals surface area contributed by atoms with Crippen LogP contribution in [0.5, 0.6) is 11.5 Å². The first-order valence-corrected chi connectivity index (χ1v) is 7.67. The molecule has 2 aromatic carbocycles. The SMILES string of the molecule is [2H]NC([2H])(C(=O)OC)c1c([2H])c([2H])c(OC(F)(F)F)c([2H])c1[2H].[2H]c1c([2H])c(C([2H])(C(=O)N([2H])[2H])N([2H])[2H])c([2H])c([2H])c1OC(F)(F)F. The van der Waals surface area contributed by atoms with Gasteiger partial charge in [-0.2, -0.15) is 0 Å². The van der Waals surface area contributed by atoms with Crippen molar-refractivity contribution >= 4 is 11.9 Å². The minimum atomic E-state index is -5.35. The maximum absolute atomic E-state index is 12.3. The van der Waals surface area contributed by atoms with E-state index in [1.807, 2.05) is 0 Å². The fourth-order valence-electron chi connectivity index (χ4n) is 1.49. The van der Waals surface area contributed by atoms with Crippen molar-refractivity contribution in [3.8, 4) is 11.5 Å². The topological polar surface area (TPSA) is 140 Å². The number of hydrogen-bond donors (Lipinski definition) is 3. The number of carbonyl (C=O) groups is 2. The van der Waals surface area contributed by atoms with E-state index in [-0.39, 0.29) is 0 Å². The van der Waals surface area contributed by atoms with E-state index in [0.717, 1.165) is 7.11 Å². The fourth-order valence-corrected chi connectivity index (χ4v) is 1.49. The summed E-state index contributed by atoms with van der Waals surface area (Å²) in [5.74, 6) is -6.31. The van der Waals surface area contributed by atoms with Gasteiger partial charge in [0.25, 0.3) is 0 Å². The van der Waals surface area contributed by atoms with Gasteiger partial charge >= 0.3 is 18.7 Å². The third-order valence-corrected chi connectivity index (χ3v) is 2.72. The number of nitrogens with two attached hydrogens (primary N) is 3. The largest absolute Gasteiger partial charge is 0.573 e. The number of methoxy groups -OCH3 is 1. The number of rotatable bonds is 8. The molecule has 2 atom stereocenters. The van der Waals surface area contributed by atoms with Gasteiger partial charge in [0, 0.05) is 0 Å². The Bertz CT molecular complexity index is 1510. The van der Waals surface area contributed by atoms with E-state index in [2.05, 4.69) is 14.2 Å². The molecule has 0 aliphatic rings. The summed E-state index contributed by atoms with van der Waals surface area (Å²) < 4.78 is 196. The van der Waals surface area contributed by atoms with E-state index < -0.39 is 119 Å². The van der Waals surface area contributed by atoms with Crippen LogP contribution in [0.25, 0.3) is 0 Å². The van der Waals surface area contributed by atoms with Gasteiger partial charge < -0.3 is 31.4 Å². The molecule has 0 heterocycles. The zero-order valence-electron chi connectivity index (χ0n) is 30.7. The lowest BCUT2D eigenvalue weighted by Gasteiger charge is -2.11. The Balaban J connectivity index is 0.000000482. The van der Waals surface area contributed by atoms with Crippen LogP contribution in [-0.2, 0) is 14.3 Å². The average Bonchev–Trinajstić information content (AvgIpc) is 2.97. The van der Waals surface area contributed by atoms with Gasteiger partial charge in [-0.25, -0.2) is 0 Å². The van der Waals surface area contributed by atoms with Crippen molar-refractivity contribution in [1.82, 2.24) is 0 Å². The molecule has 0 radical (unpaired) electrons. The molecule has 1 amide bonds. The summed E-state index contributed by atoms with van der Waals surface area (Å²) in [7, 11) is 0.848. The van der Waals surface area contributed by atoms with Crippen molar-refractivity contribution in [3.05, 3.63) is 59.5 Å². The summed E-state index contributed by atoms with van der Waals surface area (Å²) in [4.78, 5) is 23.4. The molecule has 2 unspecified atom stereocenters. The lowest BCUT2D eigenvalue weighted by Crippen LogP contribution is -2.28. The number of carbonyl (C=O) groups excluding carboxylic acids is 2. The molecule has 0 bridgehead atoms. The van der Waals surface area contributed by atoms with E-state index in [0.29, 0.717) is 0 Å². The molecule has 6 N–H and O–H groups in total. The zero-order valence-corrected chi connectivity index (χ0v) is 15.7. The Morgan fingerprint density at radius 3 is 1.61 bits per heavy atom. The second-order valence-corrected chi connectivity index (χ2v) is 5.02. The van der Waals surface area contributed by atoms with Crippen molar-refractivity contribution in [2.45, 2.75) is 24.8 Å². The van der Waals surface area contributed by atoms with Gasteiger partial charge in [-0.1, -0.05) is 24.2 Å². The van der Waals surface area contributed by atoms with Crippen molar-refractivity contribution in [3.63, 3.8) is 0 Å². The van der Waals surface area contributed by atoms with E-state index in [1.54, 1.807) is 0 Å². The van der Waals surface area contributed by atoms with E-state index >= 15 is 0 Å². The molecule has 0 aliphatic heterocycles. The Kier molecular flexibility index (Phi) is 4.17. The number of alkyl halides is 6. The molecule has 14 heteroatoms. The van der Waals surface area contributed by atoms with E-state index in [4.69, 9.17) is 20.8 Å². The van der Waals surface area contributed by atoms with Gasteiger partial charge in [-0.15, -0.1) is 26.3 Å². The first-order valence-electron chi connectivity index (χ1n) is 15.0. The summed E-state index contributed by atoms with van der Waals surface area (Å²) in [5, 5.41) is 0. The second-order valence-electron chi connectivity index (χ2n) is 5.02. The maximum atomic E-state index is 12.3. The van der Waals surface area contributed by atoms with Crippen LogP contribution in [0, 0.1) is 0 Å². The molecule has 2 aromatic rings. The normalized spacial score (nSPS) is 21.4. The molecule has 0 saturated carbocycles. The van der Waals surface area contributed by atoms with Gasteiger partial charge in [0.2, 0.25) is 5.91 Å². The molecule has 0 fully saturated rings. The van der Waals surface area contributed by atoms with Crippen LogP contribution in [0.3, 0.4) is 0 Å². The second kappa shape index (κ2) is 11.4. The average molecular weight is 498 g/mol. The van der Waals surface area contributed by atoms with Gasteiger partial charge in [-0.3, -0.25) is 9.59 Å². The van der Waals surface area contributed by atoms with Crippen molar-refractivity contribution < 1.29 is 70.9 Å². The highest BCUT2D eigenvalue weighted by Gasteiger charge is 2.31. The standard InChI is InChI=1S/C10H10F3NO3.C9H9F3N2O2/c1-16-9(15)8(14)6-2-4-7(5-3-6)17-10(11,12)13;10-9(11,12)16-6-3-1-5(2-4-6)7(13)8(14)15/h2-5,8H,14H2,1H3;1-4,7H,13H2,(H2,14,15)/i2D,3D,4D,5D,8D;1D,2D,3D,4D,7D/hD5. The van der Waals surface area contributed by atoms with Crippen molar-refractivity contribution in [2.24, 2.45) is 17.2 Å². The maximum Gasteiger partial charge on any atom is 0.573 e. The molecular weight excluding hydrogens is 464 g/mol. The molecule has 182 valence electrons. The smallest absolute Gasteiger partial charge is 0.468 e. The van der Waals surface area contributed by atoms with Crippen LogP contribution in [-0.4, -0.2) is 31.7 Å². The lowest BCUT2D eigenvalue weighted by molar-refractivity contribution is -0.275. The molecule has 8 nitrogen and oxygen atoms in total. The van der Waals surface area contributed by atoms with Crippen LogP contribution < -0.4 is 26.6 Å². The monoisotopic (exact) mass is 498 g/mol. The predicted octanol–water partition coefficient (Wildman–Crippen LogP) is 2.83. The highest BCUT2D eigenvalue weighted by atomic mass is 19.4. The molecule has 0 aromatic heterocycles. The predicted molar refractivity (Wildman–Crippen MR) is 101 cm³/mol.